The minimum atomic E-state index is 0.216. The van der Waals surface area contributed by atoms with Crippen molar-refractivity contribution in [3.05, 3.63) is 5.56 Å². The Kier molecular flexibility index (Phi) is 3.01. The van der Waals surface area contributed by atoms with Crippen molar-refractivity contribution in [3.8, 4) is 0 Å². The first kappa shape index (κ1) is 12.5. The molecule has 0 unspecified atom stereocenters. The number of aromatic amines is 1. The zero-order chi connectivity index (χ0) is 12.9. The lowest BCUT2D eigenvalue weighted by atomic mass is 9.65. The fourth-order valence-corrected chi connectivity index (χ4v) is 2.17. The van der Waals surface area contributed by atoms with E-state index in [0.717, 1.165) is 10.9 Å². The fraction of sp³-hybridized carbons (Fsp3) is 0.273. The molecule has 0 atom stereocenters. The normalized spacial score (nSPS) is 11.5. The molecule has 1 N–H and O–H groups in total. The Bertz CT molecular complexity index is 600. The van der Waals surface area contributed by atoms with Crippen LogP contribution in [0.4, 0.5) is 0 Å². The molecule has 0 aliphatic heterocycles. The molecule has 2 aromatic rings. The zero-order valence-electron chi connectivity index (χ0n) is 9.96. The van der Waals surface area contributed by atoms with Gasteiger partial charge in [-0.3, -0.25) is 0 Å². The van der Waals surface area contributed by atoms with Crippen LogP contribution in [0.25, 0.3) is 10.9 Å². The lowest BCUT2D eigenvalue weighted by Gasteiger charge is -2.15. The first-order valence-electron chi connectivity index (χ1n) is 5.39. The van der Waals surface area contributed by atoms with Crippen LogP contribution < -0.4 is 27.4 Å². The number of nitrogens with one attached hydrogen (secondary N) is 1. The molecule has 1 nitrogen and oxygen atoms in total. The molecule has 0 saturated heterocycles. The van der Waals surface area contributed by atoms with E-state index < -0.39 is 0 Å². The van der Waals surface area contributed by atoms with Gasteiger partial charge in [0, 0.05) is 5.52 Å². The number of hydrogen-bond donors (Lipinski definition) is 1. The quantitative estimate of drug-likeness (QED) is 0.490. The lowest BCUT2D eigenvalue weighted by Crippen LogP contribution is -2.47. The Morgan fingerprint density at radius 3 is 1.88 bits per heavy atom. The maximum atomic E-state index is 6.00. The van der Waals surface area contributed by atoms with Crippen molar-refractivity contribution in [3.63, 3.8) is 0 Å². The number of fused-ring (bicyclic) bond motifs is 1. The van der Waals surface area contributed by atoms with Crippen molar-refractivity contribution in [1.82, 2.24) is 4.98 Å². The van der Waals surface area contributed by atoms with Crippen molar-refractivity contribution in [2.75, 3.05) is 0 Å². The van der Waals surface area contributed by atoms with Crippen molar-refractivity contribution < 1.29 is 0 Å². The number of rotatable bonds is 1. The molecule has 0 amide bonds. The van der Waals surface area contributed by atoms with Gasteiger partial charge in [0.15, 0.2) is 0 Å². The summed E-state index contributed by atoms with van der Waals surface area (Å²) < 4.78 is 0. The molecule has 1 aromatic heterocycles. The summed E-state index contributed by atoms with van der Waals surface area (Å²) in [7, 11) is 29.5. The van der Waals surface area contributed by atoms with Gasteiger partial charge in [-0.15, -0.1) is 10.9 Å². The molecule has 10 radical (unpaired) electrons. The summed E-state index contributed by atoms with van der Waals surface area (Å²) in [4.78, 5) is 3.02. The first-order valence-corrected chi connectivity index (χ1v) is 5.39. The van der Waals surface area contributed by atoms with Crippen LogP contribution in [0.2, 0.25) is 0 Å². The summed E-state index contributed by atoms with van der Waals surface area (Å²) >= 11 is 0. The molecule has 0 aliphatic rings. The van der Waals surface area contributed by atoms with Crippen LogP contribution in [0, 0.1) is 0 Å². The average molecular weight is 208 g/mol. The van der Waals surface area contributed by atoms with Crippen LogP contribution in [0.15, 0.2) is 0 Å². The van der Waals surface area contributed by atoms with E-state index in [1.165, 1.54) is 0 Å². The Balaban J connectivity index is 3.02. The Hall–Kier alpha value is -0.915. The van der Waals surface area contributed by atoms with Gasteiger partial charge in [0.1, 0.15) is 39.2 Å². The first-order chi connectivity index (χ1) is 7.86. The highest BCUT2D eigenvalue weighted by molar-refractivity contribution is 6.66. The van der Waals surface area contributed by atoms with Crippen LogP contribution in [-0.2, 0) is 0 Å². The molecule has 0 fully saturated rings. The van der Waals surface area contributed by atoms with Gasteiger partial charge >= 0.3 is 0 Å². The molecule has 0 bridgehead atoms. The summed E-state index contributed by atoms with van der Waals surface area (Å²) in [6.07, 6.45) is 0. The molecule has 1 heterocycles. The number of hydrogen-bond acceptors (Lipinski definition) is 0. The van der Waals surface area contributed by atoms with Crippen LogP contribution >= 0.6 is 0 Å². The standard InChI is InChI=1S/C11H8B5N/c1-3(2)4-5-6(12)7(13)8(14)9(15)10(5)17-11(4)16/h3,17H,1-2H3. The summed E-state index contributed by atoms with van der Waals surface area (Å²) in [5.41, 5.74) is 3.58. The summed E-state index contributed by atoms with van der Waals surface area (Å²) in [6.45, 7) is 4.06. The molecule has 6 heteroatoms. The number of aromatic nitrogens is 1. The molecule has 0 aliphatic carbocycles. The molecule has 0 saturated carbocycles. The third kappa shape index (κ3) is 1.69. The van der Waals surface area contributed by atoms with Gasteiger partial charge in [-0.1, -0.05) is 24.8 Å². The highest BCUT2D eigenvalue weighted by Crippen LogP contribution is 2.19. The smallest absolute Gasteiger partial charge is 0.138 e. The molecule has 2 rings (SSSR count). The lowest BCUT2D eigenvalue weighted by molar-refractivity contribution is 0.883. The largest absolute Gasteiger partial charge is 0.368 e. The van der Waals surface area contributed by atoms with Gasteiger partial charge in [0.25, 0.3) is 0 Å². The molecule has 17 heavy (non-hydrogen) atoms. The van der Waals surface area contributed by atoms with Gasteiger partial charge in [-0.05, 0) is 22.5 Å². The maximum absolute atomic E-state index is 6.00. The topological polar surface area (TPSA) is 15.8 Å². The predicted octanol–water partition coefficient (Wildman–Crippen LogP) is -2.74. The molecular weight excluding hydrogens is 200 g/mol. The van der Waals surface area contributed by atoms with Gasteiger partial charge in [-0.25, -0.2) is 0 Å². The molecular formula is C11H8B5N. The van der Waals surface area contributed by atoms with Gasteiger partial charge in [0.05, 0.1) is 0 Å². The number of benzene rings is 1. The minimum Gasteiger partial charge on any atom is -0.368 e. The Labute approximate surface area is 108 Å². The maximum Gasteiger partial charge on any atom is 0.138 e. The minimum absolute atomic E-state index is 0.216. The monoisotopic (exact) mass is 209 g/mol. The van der Waals surface area contributed by atoms with Crippen molar-refractivity contribution in [2.24, 2.45) is 0 Å². The Morgan fingerprint density at radius 2 is 1.35 bits per heavy atom. The second-order valence-corrected chi connectivity index (χ2v) is 4.51. The molecule has 0 spiro atoms. The van der Waals surface area contributed by atoms with Gasteiger partial charge < -0.3 is 4.98 Å². The van der Waals surface area contributed by atoms with Crippen LogP contribution in [0.3, 0.4) is 0 Å². The fourth-order valence-electron chi connectivity index (χ4n) is 2.17. The van der Waals surface area contributed by atoms with Gasteiger partial charge in [0.2, 0.25) is 0 Å². The van der Waals surface area contributed by atoms with E-state index in [-0.39, 0.29) is 5.92 Å². The van der Waals surface area contributed by atoms with Gasteiger partial charge in [-0.2, -0.15) is 0 Å². The zero-order valence-corrected chi connectivity index (χ0v) is 9.96. The average Bonchev–Trinajstić information content (AvgIpc) is 2.61. The van der Waals surface area contributed by atoms with E-state index in [2.05, 4.69) is 4.98 Å². The number of H-pyrrole nitrogens is 1. The third-order valence-corrected chi connectivity index (χ3v) is 3.06. The Morgan fingerprint density at radius 1 is 0.824 bits per heavy atom. The van der Waals surface area contributed by atoms with Crippen molar-refractivity contribution in [2.45, 2.75) is 19.8 Å². The third-order valence-electron chi connectivity index (χ3n) is 3.06. The SMILES string of the molecule is [B]c1[nH]c2c([B])c([B])c([B])c([B])c2c1C(C)C. The molecule has 1 aromatic carbocycles. The van der Waals surface area contributed by atoms with Crippen molar-refractivity contribution >= 4 is 77.6 Å². The van der Waals surface area contributed by atoms with E-state index in [9.17, 15) is 0 Å². The van der Waals surface area contributed by atoms with Crippen LogP contribution in [0.5, 0.6) is 0 Å². The second kappa shape index (κ2) is 4.08. The highest BCUT2D eigenvalue weighted by atomic mass is 14.7. The summed E-state index contributed by atoms with van der Waals surface area (Å²) in [5, 5.41) is 0.779. The van der Waals surface area contributed by atoms with E-state index in [1.54, 1.807) is 0 Å². The highest BCUT2D eigenvalue weighted by Gasteiger charge is 2.16. The second-order valence-electron chi connectivity index (χ2n) is 4.51. The summed E-state index contributed by atoms with van der Waals surface area (Å²) in [6, 6.07) is 0. The van der Waals surface area contributed by atoms with E-state index >= 15 is 0 Å². The van der Waals surface area contributed by atoms with Crippen LogP contribution in [-0.4, -0.2) is 44.2 Å². The van der Waals surface area contributed by atoms with E-state index in [0.29, 0.717) is 33.0 Å². The van der Waals surface area contributed by atoms with Crippen LogP contribution in [0.1, 0.15) is 25.3 Å². The summed E-state index contributed by atoms with van der Waals surface area (Å²) in [5.74, 6) is 0.216. The molecule has 72 valence electrons. The van der Waals surface area contributed by atoms with E-state index in [4.69, 9.17) is 39.2 Å². The van der Waals surface area contributed by atoms with E-state index in [1.807, 2.05) is 13.8 Å². The van der Waals surface area contributed by atoms with Crippen molar-refractivity contribution in [1.29, 1.82) is 0 Å². The predicted molar refractivity (Wildman–Crippen MR) is 79.3 cm³/mol.